The van der Waals surface area contributed by atoms with Crippen LogP contribution in [-0.4, -0.2) is 9.97 Å². The van der Waals surface area contributed by atoms with E-state index in [-0.39, 0.29) is 0 Å². The molecule has 0 aliphatic heterocycles. The Kier molecular flexibility index (Phi) is 5.11. The zero-order chi connectivity index (χ0) is 14.7. The average molecular weight is 351 g/mol. The number of rotatable bonds is 4. The second-order valence-electron chi connectivity index (χ2n) is 5.20. The Morgan fingerprint density at radius 1 is 1.20 bits per heavy atom. The number of halogens is 1. The molecule has 2 aromatic rings. The summed E-state index contributed by atoms with van der Waals surface area (Å²) in [4.78, 5) is 7.90. The van der Waals surface area contributed by atoms with Gasteiger partial charge in [0.25, 0.3) is 0 Å². The third kappa shape index (κ3) is 3.76. The van der Waals surface area contributed by atoms with Crippen molar-refractivity contribution in [2.45, 2.75) is 40.0 Å². The normalized spacial score (nSPS) is 10.8. The van der Waals surface area contributed by atoms with Crippen molar-refractivity contribution in [2.24, 2.45) is 0 Å². The van der Waals surface area contributed by atoms with E-state index in [1.807, 2.05) is 0 Å². The van der Waals surface area contributed by atoms with E-state index in [1.165, 1.54) is 16.7 Å². The minimum absolute atomic E-state index is 0.645. The average Bonchev–Trinajstić information content (AvgIpc) is 2.34. The number of aromatic nitrogens is 2. The Morgan fingerprint density at radius 2 is 1.85 bits per heavy atom. The Bertz CT molecular complexity index is 656. The first-order valence-corrected chi connectivity index (χ1v) is 8.04. The van der Waals surface area contributed by atoms with Crippen LogP contribution in [0.5, 0.6) is 0 Å². The molecule has 0 amide bonds. The molecule has 4 heteroatoms. The van der Waals surface area contributed by atoms with Crippen molar-refractivity contribution < 1.29 is 0 Å². The molecule has 1 heterocycles. The minimum atomic E-state index is 0.645. The molecule has 0 bridgehead atoms. The zero-order valence-electron chi connectivity index (χ0n) is 12.1. The number of hydrogen-bond acceptors (Lipinski definition) is 2. The van der Waals surface area contributed by atoms with E-state index in [1.54, 1.807) is 0 Å². The van der Waals surface area contributed by atoms with Crippen molar-refractivity contribution >= 4 is 28.1 Å². The van der Waals surface area contributed by atoms with Crippen LogP contribution >= 0.6 is 28.1 Å². The molecule has 1 aromatic carbocycles. The van der Waals surface area contributed by atoms with Crippen LogP contribution < -0.4 is 0 Å². The van der Waals surface area contributed by atoms with Crippen molar-refractivity contribution in [3.05, 3.63) is 55.5 Å². The highest BCUT2D eigenvalue weighted by molar-refractivity contribution is 9.10. The maximum Gasteiger partial charge on any atom is 0.144 e. The molecule has 1 N–H and O–H groups in total. The molecule has 0 saturated carbocycles. The van der Waals surface area contributed by atoms with Gasteiger partial charge in [0, 0.05) is 12.1 Å². The summed E-state index contributed by atoms with van der Waals surface area (Å²) in [5, 5.41) is 0. The van der Waals surface area contributed by atoms with Crippen molar-refractivity contribution in [1.29, 1.82) is 0 Å². The first kappa shape index (κ1) is 15.4. The van der Waals surface area contributed by atoms with Gasteiger partial charge in [-0.25, -0.2) is 4.98 Å². The highest BCUT2D eigenvalue weighted by Gasteiger charge is 2.07. The summed E-state index contributed by atoms with van der Waals surface area (Å²) in [6.07, 6.45) is 2.85. The number of nitrogens with zero attached hydrogens (tertiary/aromatic N) is 1. The van der Waals surface area contributed by atoms with Gasteiger partial charge in [-0.05, 0) is 41.8 Å². The van der Waals surface area contributed by atoms with E-state index in [9.17, 15) is 0 Å². The van der Waals surface area contributed by atoms with Crippen LogP contribution in [0.1, 0.15) is 41.6 Å². The second kappa shape index (κ2) is 6.64. The monoisotopic (exact) mass is 350 g/mol. The maximum atomic E-state index is 5.33. The zero-order valence-corrected chi connectivity index (χ0v) is 14.5. The fourth-order valence-corrected chi connectivity index (χ4v) is 3.05. The standard InChI is InChI=1S/C16H19BrN2S/c1-4-5-13-15(17)16(20)19-14(18-13)9-12-7-10(2)6-11(3)8-12/h6-8H,4-5,9H2,1-3H3,(H,18,19,20). The van der Waals surface area contributed by atoms with Crippen molar-refractivity contribution in [1.82, 2.24) is 9.97 Å². The van der Waals surface area contributed by atoms with Gasteiger partial charge in [0.2, 0.25) is 0 Å². The molecular weight excluding hydrogens is 332 g/mol. The van der Waals surface area contributed by atoms with Gasteiger partial charge >= 0.3 is 0 Å². The summed E-state index contributed by atoms with van der Waals surface area (Å²) in [6.45, 7) is 6.40. The van der Waals surface area contributed by atoms with Crippen LogP contribution in [0.25, 0.3) is 0 Å². The molecule has 0 fully saturated rings. The first-order valence-electron chi connectivity index (χ1n) is 6.84. The highest BCUT2D eigenvalue weighted by Crippen LogP contribution is 2.19. The first-order chi connectivity index (χ1) is 9.49. The lowest BCUT2D eigenvalue weighted by Gasteiger charge is -2.09. The highest BCUT2D eigenvalue weighted by atomic mass is 79.9. The van der Waals surface area contributed by atoms with Crippen LogP contribution in [-0.2, 0) is 12.8 Å². The third-order valence-electron chi connectivity index (χ3n) is 3.14. The van der Waals surface area contributed by atoms with E-state index in [4.69, 9.17) is 12.2 Å². The fourth-order valence-electron chi connectivity index (χ4n) is 2.43. The summed E-state index contributed by atoms with van der Waals surface area (Å²) < 4.78 is 1.57. The molecular formula is C16H19BrN2S. The topological polar surface area (TPSA) is 28.7 Å². The number of H-pyrrole nitrogens is 1. The van der Waals surface area contributed by atoms with Crippen molar-refractivity contribution in [3.63, 3.8) is 0 Å². The van der Waals surface area contributed by atoms with Crippen molar-refractivity contribution in [3.8, 4) is 0 Å². The fraction of sp³-hybridized carbons (Fsp3) is 0.375. The van der Waals surface area contributed by atoms with Crippen LogP contribution in [0.4, 0.5) is 0 Å². The van der Waals surface area contributed by atoms with Gasteiger partial charge in [-0.15, -0.1) is 0 Å². The SMILES string of the molecule is CCCc1[nH]c(Cc2cc(C)cc(C)c2)nc(=S)c1Br. The van der Waals surface area contributed by atoms with Crippen LogP contribution in [0, 0.1) is 18.5 Å². The van der Waals surface area contributed by atoms with Gasteiger partial charge in [-0.1, -0.05) is 54.9 Å². The van der Waals surface area contributed by atoms with E-state index in [0.717, 1.165) is 35.3 Å². The van der Waals surface area contributed by atoms with E-state index in [0.29, 0.717) is 4.64 Å². The smallest absolute Gasteiger partial charge is 0.144 e. The molecule has 0 saturated heterocycles. The van der Waals surface area contributed by atoms with E-state index in [2.05, 4.69) is 64.9 Å². The molecule has 106 valence electrons. The number of hydrogen-bond donors (Lipinski definition) is 1. The molecule has 20 heavy (non-hydrogen) atoms. The molecule has 0 aliphatic rings. The summed E-state index contributed by atoms with van der Waals surface area (Å²) in [6, 6.07) is 6.59. The minimum Gasteiger partial charge on any atom is -0.346 e. The molecule has 1 aromatic heterocycles. The van der Waals surface area contributed by atoms with Gasteiger partial charge in [0.05, 0.1) is 4.47 Å². The molecule has 0 radical (unpaired) electrons. The Hall–Kier alpha value is -1.00. The van der Waals surface area contributed by atoms with Crippen molar-refractivity contribution in [2.75, 3.05) is 0 Å². The summed E-state index contributed by atoms with van der Waals surface area (Å²) in [5.74, 6) is 0.937. The molecule has 0 aliphatic carbocycles. The number of aromatic amines is 1. The maximum absolute atomic E-state index is 5.33. The lowest BCUT2D eigenvalue weighted by molar-refractivity contribution is 0.829. The van der Waals surface area contributed by atoms with E-state index >= 15 is 0 Å². The number of aryl methyl sites for hydroxylation is 3. The Labute approximate surface area is 133 Å². The Balaban J connectivity index is 2.36. The second-order valence-corrected chi connectivity index (χ2v) is 6.38. The van der Waals surface area contributed by atoms with Gasteiger partial charge in [0.1, 0.15) is 10.5 Å². The molecule has 0 spiro atoms. The molecule has 0 atom stereocenters. The van der Waals surface area contributed by atoms with E-state index < -0.39 is 0 Å². The number of nitrogens with one attached hydrogen (secondary N) is 1. The molecule has 2 nitrogen and oxygen atoms in total. The lowest BCUT2D eigenvalue weighted by atomic mass is 10.0. The van der Waals surface area contributed by atoms with Crippen LogP contribution in [0.3, 0.4) is 0 Å². The van der Waals surface area contributed by atoms with Gasteiger partial charge in [-0.2, -0.15) is 0 Å². The Morgan fingerprint density at radius 3 is 2.45 bits per heavy atom. The number of benzene rings is 1. The van der Waals surface area contributed by atoms with Crippen LogP contribution in [0.15, 0.2) is 22.7 Å². The van der Waals surface area contributed by atoms with Crippen LogP contribution in [0.2, 0.25) is 0 Å². The third-order valence-corrected chi connectivity index (χ3v) is 4.55. The summed E-state index contributed by atoms with van der Waals surface area (Å²) in [7, 11) is 0. The molecule has 2 rings (SSSR count). The van der Waals surface area contributed by atoms with Gasteiger partial charge in [-0.3, -0.25) is 0 Å². The summed E-state index contributed by atoms with van der Waals surface area (Å²) >= 11 is 8.86. The molecule has 0 unspecified atom stereocenters. The van der Waals surface area contributed by atoms with Gasteiger partial charge < -0.3 is 4.98 Å². The lowest BCUT2D eigenvalue weighted by Crippen LogP contribution is -2.03. The van der Waals surface area contributed by atoms with Gasteiger partial charge in [0.15, 0.2) is 0 Å². The predicted molar refractivity (Wildman–Crippen MR) is 89.8 cm³/mol. The largest absolute Gasteiger partial charge is 0.346 e. The predicted octanol–water partition coefficient (Wildman–Crippen LogP) is 5.06. The summed E-state index contributed by atoms with van der Waals surface area (Å²) in [5.41, 5.74) is 4.98. The quantitative estimate of drug-likeness (QED) is 0.780.